The third-order valence-electron chi connectivity index (χ3n) is 3.69. The van der Waals surface area contributed by atoms with Crippen molar-refractivity contribution >= 4 is 45.6 Å². The molecule has 0 aliphatic carbocycles. The number of nitriles is 1. The molecule has 0 N–H and O–H groups in total. The van der Waals surface area contributed by atoms with Gasteiger partial charge < -0.3 is 9.47 Å². The predicted octanol–water partition coefficient (Wildman–Crippen LogP) is 5.50. The first-order valence-corrected chi connectivity index (χ1v) is 9.66. The molecule has 6 heteroatoms. The number of allylic oxidation sites excluding steroid dienone is 1. The summed E-state index contributed by atoms with van der Waals surface area (Å²) in [6.07, 6.45) is 1.86. The Bertz CT molecular complexity index is 1010. The molecule has 0 atom stereocenters. The normalized spacial score (nSPS) is 11.1. The summed E-state index contributed by atoms with van der Waals surface area (Å²) in [6.45, 7) is 0. The van der Waals surface area contributed by atoms with Crippen LogP contribution in [0.4, 0.5) is 0 Å². The first kappa shape index (κ1) is 18.4. The lowest BCUT2D eigenvalue weighted by molar-refractivity contribution is 0.355. The Labute approximate surface area is 169 Å². The van der Waals surface area contributed by atoms with E-state index in [0.29, 0.717) is 22.1 Å². The van der Waals surface area contributed by atoms with Crippen LogP contribution in [0.25, 0.3) is 22.9 Å². The first-order chi connectivity index (χ1) is 12.6. The Balaban J connectivity index is 1.95. The molecule has 0 saturated carbocycles. The second kappa shape index (κ2) is 8.34. The fourth-order valence-corrected chi connectivity index (χ4v) is 3.79. The monoisotopic (exact) mass is 474 g/mol. The minimum Gasteiger partial charge on any atom is -0.493 e. The maximum absolute atomic E-state index is 9.55. The van der Waals surface area contributed by atoms with E-state index in [9.17, 15) is 5.26 Å². The maximum atomic E-state index is 9.55. The second-order valence-electron chi connectivity index (χ2n) is 5.33. The van der Waals surface area contributed by atoms with Crippen LogP contribution in [0.5, 0.6) is 11.5 Å². The Morgan fingerprint density at radius 3 is 2.65 bits per heavy atom. The lowest BCUT2D eigenvalue weighted by Gasteiger charge is -2.08. The summed E-state index contributed by atoms with van der Waals surface area (Å²) in [5.41, 5.74) is 3.24. The average molecular weight is 474 g/mol. The molecule has 0 aliphatic heterocycles. The number of methoxy groups -OCH3 is 2. The van der Waals surface area contributed by atoms with E-state index >= 15 is 0 Å². The molecule has 1 aromatic heterocycles. The fraction of sp³-hybridized carbons (Fsp3) is 0.100. The minimum absolute atomic E-state index is 0.545. The summed E-state index contributed by atoms with van der Waals surface area (Å²) >= 11 is 3.70. The molecule has 0 unspecified atom stereocenters. The van der Waals surface area contributed by atoms with Gasteiger partial charge in [-0.05, 0) is 64.6 Å². The van der Waals surface area contributed by atoms with E-state index in [1.807, 2.05) is 53.9 Å². The minimum atomic E-state index is 0.545. The van der Waals surface area contributed by atoms with Gasteiger partial charge in [0, 0.05) is 14.5 Å². The van der Waals surface area contributed by atoms with Crippen LogP contribution in [0.15, 0.2) is 47.8 Å². The van der Waals surface area contributed by atoms with Crippen molar-refractivity contribution in [3.63, 3.8) is 0 Å². The highest BCUT2D eigenvalue weighted by Gasteiger charge is 2.12. The number of benzene rings is 2. The number of thiazole rings is 1. The highest BCUT2D eigenvalue weighted by molar-refractivity contribution is 14.1. The fourth-order valence-electron chi connectivity index (χ4n) is 2.43. The molecule has 1 heterocycles. The molecule has 26 heavy (non-hydrogen) atoms. The van der Waals surface area contributed by atoms with Crippen molar-refractivity contribution in [1.82, 2.24) is 4.98 Å². The summed E-state index contributed by atoms with van der Waals surface area (Å²) in [5.74, 6) is 1.32. The molecule has 130 valence electrons. The molecular formula is C20H15IN2O2S. The Hall–Kier alpha value is -2.37. The summed E-state index contributed by atoms with van der Waals surface area (Å²) in [6, 6.07) is 15.9. The zero-order valence-electron chi connectivity index (χ0n) is 14.2. The molecule has 3 rings (SSSR count). The lowest BCUT2D eigenvalue weighted by atomic mass is 10.1. The Kier molecular flexibility index (Phi) is 5.91. The number of ether oxygens (including phenoxy) is 2. The van der Waals surface area contributed by atoms with Crippen LogP contribution in [0.1, 0.15) is 10.6 Å². The summed E-state index contributed by atoms with van der Waals surface area (Å²) in [4.78, 5) is 4.63. The van der Waals surface area contributed by atoms with Crippen molar-refractivity contribution in [2.75, 3.05) is 14.2 Å². The van der Waals surface area contributed by atoms with Gasteiger partial charge in [0.25, 0.3) is 0 Å². The molecule has 0 spiro atoms. The second-order valence-corrected chi connectivity index (χ2v) is 7.44. The molecule has 0 fully saturated rings. The van der Waals surface area contributed by atoms with Gasteiger partial charge in [-0.3, -0.25) is 0 Å². The zero-order chi connectivity index (χ0) is 18.5. The van der Waals surface area contributed by atoms with E-state index in [4.69, 9.17) is 9.47 Å². The van der Waals surface area contributed by atoms with Crippen molar-refractivity contribution in [1.29, 1.82) is 5.26 Å². The molecule has 0 amide bonds. The van der Waals surface area contributed by atoms with Crippen molar-refractivity contribution in [3.05, 3.63) is 62.0 Å². The van der Waals surface area contributed by atoms with Crippen molar-refractivity contribution < 1.29 is 9.47 Å². The van der Waals surface area contributed by atoms with E-state index in [1.54, 1.807) is 14.2 Å². The lowest BCUT2D eigenvalue weighted by Crippen LogP contribution is -1.91. The summed E-state index contributed by atoms with van der Waals surface area (Å²) in [7, 11) is 3.21. The third-order valence-corrected chi connectivity index (χ3v) is 5.24. The van der Waals surface area contributed by atoms with Crippen LogP contribution in [-0.2, 0) is 0 Å². The largest absolute Gasteiger partial charge is 0.493 e. The number of nitrogens with zero attached hydrogens (tertiary/aromatic N) is 2. The Morgan fingerprint density at radius 1 is 1.15 bits per heavy atom. The standard InChI is InChI=1S/C20H15IN2O2S/c1-24-18-7-6-14(10-19(18)25-2)17-12-26-20(23-17)15(11-22)8-13-4-3-5-16(21)9-13/h3-10,12H,1-2H3/b15-8-. The number of hydrogen-bond donors (Lipinski definition) is 0. The molecule has 2 aromatic carbocycles. The molecule has 0 radical (unpaired) electrons. The highest BCUT2D eigenvalue weighted by atomic mass is 127. The van der Waals surface area contributed by atoms with Crippen LogP contribution in [0, 0.1) is 14.9 Å². The average Bonchev–Trinajstić information content (AvgIpc) is 3.15. The zero-order valence-corrected chi connectivity index (χ0v) is 17.2. The number of halogens is 1. The molecule has 3 aromatic rings. The van der Waals surface area contributed by atoms with E-state index in [0.717, 1.165) is 20.4 Å². The van der Waals surface area contributed by atoms with E-state index in [-0.39, 0.29) is 0 Å². The SMILES string of the molecule is COc1ccc(-c2csc(/C(C#N)=C\c3cccc(I)c3)n2)cc1OC. The number of rotatable bonds is 5. The van der Waals surface area contributed by atoms with Gasteiger partial charge in [-0.2, -0.15) is 5.26 Å². The quantitative estimate of drug-likeness (QED) is 0.362. The molecule has 0 bridgehead atoms. The van der Waals surface area contributed by atoms with Gasteiger partial charge in [0.2, 0.25) is 0 Å². The van der Waals surface area contributed by atoms with Gasteiger partial charge in [-0.1, -0.05) is 12.1 Å². The van der Waals surface area contributed by atoms with Crippen molar-refractivity contribution in [2.45, 2.75) is 0 Å². The predicted molar refractivity (Wildman–Crippen MR) is 113 cm³/mol. The molecular weight excluding hydrogens is 459 g/mol. The van der Waals surface area contributed by atoms with E-state index in [2.05, 4.69) is 33.6 Å². The van der Waals surface area contributed by atoms with E-state index in [1.165, 1.54) is 11.3 Å². The van der Waals surface area contributed by atoms with Crippen LogP contribution in [0.2, 0.25) is 0 Å². The van der Waals surface area contributed by atoms with Crippen LogP contribution in [-0.4, -0.2) is 19.2 Å². The topological polar surface area (TPSA) is 55.1 Å². The highest BCUT2D eigenvalue weighted by Crippen LogP contribution is 2.33. The van der Waals surface area contributed by atoms with Gasteiger partial charge in [-0.15, -0.1) is 11.3 Å². The first-order valence-electron chi connectivity index (χ1n) is 7.70. The number of aromatic nitrogens is 1. The van der Waals surface area contributed by atoms with Gasteiger partial charge >= 0.3 is 0 Å². The third kappa shape index (κ3) is 4.06. The van der Waals surface area contributed by atoms with Crippen molar-refractivity contribution in [3.8, 4) is 28.8 Å². The van der Waals surface area contributed by atoms with Gasteiger partial charge in [0.15, 0.2) is 11.5 Å². The maximum Gasteiger partial charge on any atom is 0.161 e. The molecule has 0 saturated heterocycles. The Morgan fingerprint density at radius 2 is 1.96 bits per heavy atom. The van der Waals surface area contributed by atoms with Gasteiger partial charge in [0.1, 0.15) is 11.1 Å². The number of hydrogen-bond acceptors (Lipinski definition) is 5. The summed E-state index contributed by atoms with van der Waals surface area (Å²) < 4.78 is 11.7. The van der Waals surface area contributed by atoms with E-state index < -0.39 is 0 Å². The van der Waals surface area contributed by atoms with Crippen LogP contribution in [0.3, 0.4) is 0 Å². The summed E-state index contributed by atoms with van der Waals surface area (Å²) in [5, 5.41) is 12.2. The van der Waals surface area contributed by atoms with Crippen LogP contribution >= 0.6 is 33.9 Å². The van der Waals surface area contributed by atoms with Gasteiger partial charge in [-0.25, -0.2) is 4.98 Å². The van der Waals surface area contributed by atoms with Gasteiger partial charge in [0.05, 0.1) is 25.5 Å². The van der Waals surface area contributed by atoms with Crippen molar-refractivity contribution in [2.24, 2.45) is 0 Å². The smallest absolute Gasteiger partial charge is 0.161 e. The molecule has 4 nitrogen and oxygen atoms in total. The van der Waals surface area contributed by atoms with Crippen LogP contribution < -0.4 is 9.47 Å². The molecule has 0 aliphatic rings.